The number of likely N-dealkylation sites (tertiary alicyclic amines) is 1. The van der Waals surface area contributed by atoms with Crippen molar-refractivity contribution in [2.45, 2.75) is 52.1 Å². The summed E-state index contributed by atoms with van der Waals surface area (Å²) < 4.78 is 0. The molecule has 0 N–H and O–H groups in total. The molecule has 2 heterocycles. The van der Waals surface area contributed by atoms with Crippen LogP contribution < -0.4 is 0 Å². The van der Waals surface area contributed by atoms with Gasteiger partial charge in [0.1, 0.15) is 0 Å². The molecular weight excluding hydrogens is 222 g/mol. The quantitative estimate of drug-likeness (QED) is 0.711. The van der Waals surface area contributed by atoms with E-state index >= 15 is 0 Å². The maximum absolute atomic E-state index is 2.62. The fourth-order valence-electron chi connectivity index (χ4n) is 3.26. The smallest absolute Gasteiger partial charge is 0.0358 e. The van der Waals surface area contributed by atoms with Gasteiger partial charge in [-0.3, -0.25) is 4.90 Å². The van der Waals surface area contributed by atoms with Gasteiger partial charge < -0.3 is 9.80 Å². The Hall–Kier alpha value is -0.120. The highest BCUT2D eigenvalue weighted by atomic mass is 15.3. The van der Waals surface area contributed by atoms with Gasteiger partial charge in [-0.2, -0.15) is 0 Å². The zero-order valence-corrected chi connectivity index (χ0v) is 13.4. The van der Waals surface area contributed by atoms with E-state index in [0.717, 1.165) is 0 Å². The number of rotatable bonds is 1. The molecule has 2 aliphatic heterocycles. The van der Waals surface area contributed by atoms with Gasteiger partial charge in [-0.1, -0.05) is 13.8 Å². The highest BCUT2D eigenvalue weighted by Gasteiger charge is 2.41. The van der Waals surface area contributed by atoms with Crippen molar-refractivity contribution in [2.75, 3.05) is 46.8 Å². The van der Waals surface area contributed by atoms with Crippen molar-refractivity contribution in [1.29, 1.82) is 0 Å². The summed E-state index contributed by atoms with van der Waals surface area (Å²) in [6, 6.07) is 0.712. The standard InChI is InChI=1S/C13H27N3.C2H6/c1-12(2)16-7-5-13(6-8-16)11-14(3)9-10-15(13)4;1-2/h12H,5-11H2,1-4H3;1-2H3. The minimum absolute atomic E-state index is 0.471. The summed E-state index contributed by atoms with van der Waals surface area (Å²) in [5.74, 6) is 0. The predicted molar refractivity (Wildman–Crippen MR) is 80.1 cm³/mol. The Morgan fingerprint density at radius 3 is 1.94 bits per heavy atom. The Kier molecular flexibility index (Phi) is 6.09. The minimum atomic E-state index is 0.471. The number of likely N-dealkylation sites (N-methyl/N-ethyl adjacent to an activating group) is 2. The lowest BCUT2D eigenvalue weighted by molar-refractivity contribution is -0.0244. The van der Waals surface area contributed by atoms with E-state index < -0.39 is 0 Å². The molecule has 2 fully saturated rings. The topological polar surface area (TPSA) is 9.72 Å². The molecule has 0 aromatic heterocycles. The Morgan fingerprint density at radius 2 is 1.44 bits per heavy atom. The zero-order chi connectivity index (χ0) is 13.8. The van der Waals surface area contributed by atoms with E-state index in [1.807, 2.05) is 13.8 Å². The maximum Gasteiger partial charge on any atom is 0.0358 e. The van der Waals surface area contributed by atoms with Gasteiger partial charge in [0.15, 0.2) is 0 Å². The van der Waals surface area contributed by atoms with E-state index in [0.29, 0.717) is 11.6 Å². The highest BCUT2D eigenvalue weighted by Crippen LogP contribution is 2.31. The summed E-state index contributed by atoms with van der Waals surface area (Å²) in [6.07, 6.45) is 2.68. The second-order valence-electron chi connectivity index (χ2n) is 6.01. The van der Waals surface area contributed by atoms with Crippen molar-refractivity contribution >= 4 is 0 Å². The average Bonchev–Trinajstić information content (AvgIpc) is 2.37. The monoisotopic (exact) mass is 255 g/mol. The first kappa shape index (κ1) is 15.9. The second-order valence-corrected chi connectivity index (χ2v) is 6.01. The molecule has 0 atom stereocenters. The van der Waals surface area contributed by atoms with Crippen molar-refractivity contribution < 1.29 is 0 Å². The van der Waals surface area contributed by atoms with Gasteiger partial charge >= 0.3 is 0 Å². The van der Waals surface area contributed by atoms with Crippen LogP contribution in [0.15, 0.2) is 0 Å². The Balaban J connectivity index is 0.000000771. The lowest BCUT2D eigenvalue weighted by atomic mass is 9.83. The molecule has 3 nitrogen and oxygen atoms in total. The summed E-state index contributed by atoms with van der Waals surface area (Å²) in [7, 11) is 4.58. The van der Waals surface area contributed by atoms with Crippen LogP contribution in [-0.4, -0.2) is 73.1 Å². The minimum Gasteiger partial charge on any atom is -0.303 e. The molecular formula is C15H33N3. The molecule has 0 saturated carbocycles. The average molecular weight is 255 g/mol. The molecule has 108 valence electrons. The zero-order valence-electron chi connectivity index (χ0n) is 13.4. The SMILES string of the molecule is CC.CC(C)N1CCC2(CC1)CN(C)CCN2C. The fourth-order valence-corrected chi connectivity index (χ4v) is 3.26. The van der Waals surface area contributed by atoms with Gasteiger partial charge in [0.05, 0.1) is 0 Å². The molecule has 0 radical (unpaired) electrons. The molecule has 2 saturated heterocycles. The molecule has 2 aliphatic rings. The van der Waals surface area contributed by atoms with Crippen LogP contribution in [-0.2, 0) is 0 Å². The Bertz CT molecular complexity index is 232. The molecule has 0 unspecified atom stereocenters. The lowest BCUT2D eigenvalue weighted by Gasteiger charge is -2.53. The van der Waals surface area contributed by atoms with E-state index in [2.05, 4.69) is 42.6 Å². The van der Waals surface area contributed by atoms with Crippen molar-refractivity contribution in [3.05, 3.63) is 0 Å². The van der Waals surface area contributed by atoms with E-state index in [1.165, 1.54) is 45.6 Å². The van der Waals surface area contributed by atoms with Crippen molar-refractivity contribution in [3.8, 4) is 0 Å². The van der Waals surface area contributed by atoms with Crippen LogP contribution in [0.4, 0.5) is 0 Å². The van der Waals surface area contributed by atoms with Crippen LogP contribution in [0.2, 0.25) is 0 Å². The first-order valence-corrected chi connectivity index (χ1v) is 7.67. The maximum atomic E-state index is 2.62. The highest BCUT2D eigenvalue weighted by molar-refractivity contribution is 4.99. The molecule has 0 aliphatic carbocycles. The number of nitrogens with zero attached hydrogens (tertiary/aromatic N) is 3. The fraction of sp³-hybridized carbons (Fsp3) is 1.00. The Morgan fingerprint density at radius 1 is 0.889 bits per heavy atom. The van der Waals surface area contributed by atoms with Crippen LogP contribution in [0.5, 0.6) is 0 Å². The molecule has 18 heavy (non-hydrogen) atoms. The van der Waals surface area contributed by atoms with Crippen molar-refractivity contribution in [1.82, 2.24) is 14.7 Å². The van der Waals surface area contributed by atoms with Crippen LogP contribution in [0.3, 0.4) is 0 Å². The largest absolute Gasteiger partial charge is 0.303 e. The van der Waals surface area contributed by atoms with Crippen LogP contribution >= 0.6 is 0 Å². The van der Waals surface area contributed by atoms with Gasteiger partial charge in [0.2, 0.25) is 0 Å². The first-order valence-electron chi connectivity index (χ1n) is 7.67. The Labute approximate surface area is 114 Å². The third kappa shape index (κ3) is 3.46. The van der Waals surface area contributed by atoms with Crippen LogP contribution in [0, 0.1) is 0 Å². The van der Waals surface area contributed by atoms with E-state index in [9.17, 15) is 0 Å². The summed E-state index contributed by atoms with van der Waals surface area (Å²) in [4.78, 5) is 7.74. The van der Waals surface area contributed by atoms with Crippen LogP contribution in [0.25, 0.3) is 0 Å². The number of piperidine rings is 1. The predicted octanol–water partition coefficient (Wildman–Crippen LogP) is 2.13. The van der Waals surface area contributed by atoms with E-state index in [-0.39, 0.29) is 0 Å². The van der Waals surface area contributed by atoms with Gasteiger partial charge in [-0.15, -0.1) is 0 Å². The summed E-state index contributed by atoms with van der Waals surface area (Å²) in [5.41, 5.74) is 0.471. The number of hydrogen-bond donors (Lipinski definition) is 0. The molecule has 2 rings (SSSR count). The van der Waals surface area contributed by atoms with Crippen molar-refractivity contribution in [2.24, 2.45) is 0 Å². The third-order valence-electron chi connectivity index (χ3n) is 4.65. The normalized spacial score (nSPS) is 26.2. The molecule has 0 amide bonds. The molecule has 0 bridgehead atoms. The summed E-state index contributed by atoms with van der Waals surface area (Å²) in [6.45, 7) is 14.9. The van der Waals surface area contributed by atoms with Gasteiger partial charge in [0.25, 0.3) is 0 Å². The molecule has 0 aromatic rings. The van der Waals surface area contributed by atoms with E-state index in [4.69, 9.17) is 0 Å². The second kappa shape index (κ2) is 6.88. The summed E-state index contributed by atoms with van der Waals surface area (Å²) in [5, 5.41) is 0. The van der Waals surface area contributed by atoms with Gasteiger partial charge in [0, 0.05) is 44.3 Å². The van der Waals surface area contributed by atoms with Gasteiger partial charge in [-0.25, -0.2) is 0 Å². The number of piperazine rings is 1. The third-order valence-corrected chi connectivity index (χ3v) is 4.65. The molecule has 3 heteroatoms. The van der Waals surface area contributed by atoms with Gasteiger partial charge in [-0.05, 0) is 40.8 Å². The lowest BCUT2D eigenvalue weighted by Crippen LogP contribution is -2.64. The number of hydrogen-bond acceptors (Lipinski definition) is 3. The molecule has 0 aromatic carbocycles. The van der Waals surface area contributed by atoms with Crippen LogP contribution in [0.1, 0.15) is 40.5 Å². The summed E-state index contributed by atoms with van der Waals surface area (Å²) >= 11 is 0. The molecule has 1 spiro atoms. The first-order chi connectivity index (χ1) is 8.53. The van der Waals surface area contributed by atoms with Crippen molar-refractivity contribution in [3.63, 3.8) is 0 Å². The van der Waals surface area contributed by atoms with E-state index in [1.54, 1.807) is 0 Å².